The third-order valence-corrected chi connectivity index (χ3v) is 10.6. The largest absolute Gasteiger partial charge is 0.495 e. The second kappa shape index (κ2) is 15.5. The lowest BCUT2D eigenvalue weighted by Gasteiger charge is -2.34. The van der Waals surface area contributed by atoms with Gasteiger partial charge in [-0.2, -0.15) is 0 Å². The zero-order valence-electron chi connectivity index (χ0n) is 26.6. The van der Waals surface area contributed by atoms with Crippen LogP contribution in [0.15, 0.2) is 108 Å². The first-order valence-corrected chi connectivity index (χ1v) is 17.6. The van der Waals surface area contributed by atoms with Gasteiger partial charge in [0.2, 0.25) is 11.8 Å². The average molecular weight is 674 g/mol. The predicted octanol–water partition coefficient (Wildman–Crippen LogP) is 6.55. The molecule has 0 unspecified atom stereocenters. The van der Waals surface area contributed by atoms with Gasteiger partial charge in [0.15, 0.2) is 0 Å². The van der Waals surface area contributed by atoms with Crippen LogP contribution in [0.1, 0.15) is 42.4 Å². The molecule has 246 valence electrons. The minimum atomic E-state index is -4.26. The monoisotopic (exact) mass is 673 g/mol. The van der Waals surface area contributed by atoms with Gasteiger partial charge in [0.05, 0.1) is 17.7 Å². The Bertz CT molecular complexity index is 1780. The number of hydrogen-bond donors (Lipinski definition) is 1. The molecular formula is C37H40ClN3O5S. The van der Waals surface area contributed by atoms with Crippen LogP contribution < -0.4 is 14.4 Å². The minimum Gasteiger partial charge on any atom is -0.495 e. The number of methoxy groups -OCH3 is 1. The van der Waals surface area contributed by atoms with E-state index in [1.165, 1.54) is 24.1 Å². The number of halogens is 1. The van der Waals surface area contributed by atoms with Crippen molar-refractivity contribution in [2.45, 2.75) is 62.6 Å². The van der Waals surface area contributed by atoms with Gasteiger partial charge in [-0.3, -0.25) is 13.9 Å². The molecule has 4 aromatic rings. The molecule has 0 radical (unpaired) electrons. The van der Waals surface area contributed by atoms with Gasteiger partial charge in [-0.1, -0.05) is 97.2 Å². The number of ether oxygens (including phenoxy) is 1. The summed E-state index contributed by atoms with van der Waals surface area (Å²) in [6.45, 7) is 1.26. The van der Waals surface area contributed by atoms with Gasteiger partial charge >= 0.3 is 0 Å². The first-order valence-electron chi connectivity index (χ1n) is 15.8. The molecule has 8 nitrogen and oxygen atoms in total. The minimum absolute atomic E-state index is 0.00172. The van der Waals surface area contributed by atoms with Crippen LogP contribution in [0.2, 0.25) is 5.02 Å². The van der Waals surface area contributed by atoms with E-state index >= 15 is 0 Å². The Morgan fingerprint density at radius 3 is 2.21 bits per heavy atom. The van der Waals surface area contributed by atoms with E-state index in [-0.39, 0.29) is 35.5 Å². The van der Waals surface area contributed by atoms with Gasteiger partial charge in [0.25, 0.3) is 10.0 Å². The molecule has 0 spiro atoms. The summed E-state index contributed by atoms with van der Waals surface area (Å²) < 4.78 is 35.3. The summed E-state index contributed by atoms with van der Waals surface area (Å²) in [4.78, 5) is 30.4. The second-order valence-corrected chi connectivity index (χ2v) is 14.1. The molecule has 4 aromatic carbocycles. The summed E-state index contributed by atoms with van der Waals surface area (Å²) in [5.74, 6) is -0.553. The Kier molecular flexibility index (Phi) is 11.2. The fourth-order valence-corrected chi connectivity index (χ4v) is 7.59. The van der Waals surface area contributed by atoms with Crippen LogP contribution in [-0.4, -0.2) is 50.9 Å². The van der Waals surface area contributed by atoms with E-state index in [9.17, 15) is 18.0 Å². The lowest BCUT2D eigenvalue weighted by Crippen LogP contribution is -2.54. The Labute approximate surface area is 282 Å². The molecule has 0 bridgehead atoms. The van der Waals surface area contributed by atoms with Crippen LogP contribution in [0, 0.1) is 6.92 Å². The molecule has 0 heterocycles. The third-order valence-electron chi connectivity index (χ3n) is 8.48. The number of amides is 2. The lowest BCUT2D eigenvalue weighted by atomic mass is 10.0. The molecule has 1 N–H and O–H groups in total. The van der Waals surface area contributed by atoms with Crippen LogP contribution in [0.3, 0.4) is 0 Å². The maximum absolute atomic E-state index is 14.7. The maximum Gasteiger partial charge on any atom is 0.264 e. The number of carbonyl (C=O) groups excluding carboxylic acids is 2. The van der Waals surface area contributed by atoms with Gasteiger partial charge in [-0.05, 0) is 66.8 Å². The second-order valence-electron chi connectivity index (χ2n) is 11.8. The molecular weight excluding hydrogens is 634 g/mol. The van der Waals surface area contributed by atoms with Gasteiger partial charge in [-0.15, -0.1) is 0 Å². The van der Waals surface area contributed by atoms with Gasteiger partial charge in [-0.25, -0.2) is 8.42 Å². The summed E-state index contributed by atoms with van der Waals surface area (Å²) in [6.07, 6.45) is 4.04. The lowest BCUT2D eigenvalue weighted by molar-refractivity contribution is -0.140. The van der Waals surface area contributed by atoms with Crippen molar-refractivity contribution < 1.29 is 22.7 Å². The number of rotatable bonds is 13. The van der Waals surface area contributed by atoms with Gasteiger partial charge in [0.1, 0.15) is 18.3 Å². The highest BCUT2D eigenvalue weighted by Gasteiger charge is 2.36. The van der Waals surface area contributed by atoms with Crippen LogP contribution >= 0.6 is 11.6 Å². The molecule has 47 heavy (non-hydrogen) atoms. The predicted molar refractivity (Wildman–Crippen MR) is 185 cm³/mol. The van der Waals surface area contributed by atoms with E-state index in [4.69, 9.17) is 16.3 Å². The topological polar surface area (TPSA) is 96.0 Å². The summed E-state index contributed by atoms with van der Waals surface area (Å²) in [7, 11) is -2.80. The van der Waals surface area contributed by atoms with Crippen molar-refractivity contribution in [2.24, 2.45) is 0 Å². The number of carbonyl (C=O) groups is 2. The molecule has 1 aliphatic rings. The van der Waals surface area contributed by atoms with E-state index in [1.807, 2.05) is 49.4 Å². The van der Waals surface area contributed by atoms with Crippen molar-refractivity contribution >= 4 is 39.1 Å². The van der Waals surface area contributed by atoms with Crippen LogP contribution in [0.25, 0.3) is 0 Å². The first-order chi connectivity index (χ1) is 22.7. The third kappa shape index (κ3) is 8.34. The number of hydrogen-bond acceptors (Lipinski definition) is 5. The van der Waals surface area contributed by atoms with Crippen molar-refractivity contribution in [1.29, 1.82) is 0 Å². The molecule has 1 saturated carbocycles. The number of sulfonamides is 1. The summed E-state index contributed by atoms with van der Waals surface area (Å²) in [6, 6.07) is 28.9. The van der Waals surface area contributed by atoms with Crippen molar-refractivity contribution in [3.63, 3.8) is 0 Å². The molecule has 5 rings (SSSR count). The summed E-state index contributed by atoms with van der Waals surface area (Å²) in [5, 5.41) is 3.62. The highest BCUT2D eigenvalue weighted by atomic mass is 35.5. The first kappa shape index (κ1) is 34.0. The zero-order chi connectivity index (χ0) is 33.4. The maximum atomic E-state index is 14.7. The molecule has 2 amide bonds. The standard InChI is InChI=1S/C37H40ClN3O5S/c1-27-21-22-35(46-2)33(23-27)41(47(44,45)31-18-7-4-8-19-31)26-36(42)40(25-29-15-9-12-20-32(29)38)34(24-28-13-5-3-6-14-28)37(43)39-30-16-10-11-17-30/h3-9,12-15,18-23,30,34H,10-11,16-17,24-26H2,1-2H3,(H,39,43)/t34-/m1/s1. The van der Waals surface area contributed by atoms with E-state index in [0.29, 0.717) is 16.3 Å². The van der Waals surface area contributed by atoms with Gasteiger partial charge in [0, 0.05) is 24.0 Å². The molecule has 10 heteroatoms. The molecule has 0 saturated heterocycles. The van der Waals surface area contributed by atoms with E-state index in [1.54, 1.807) is 48.5 Å². The molecule has 1 aliphatic carbocycles. The van der Waals surface area contributed by atoms with E-state index in [2.05, 4.69) is 5.32 Å². The summed E-state index contributed by atoms with van der Waals surface area (Å²) in [5.41, 5.74) is 2.51. The molecule has 0 aliphatic heterocycles. The number of anilines is 1. The Morgan fingerprint density at radius 1 is 0.915 bits per heavy atom. The Morgan fingerprint density at radius 2 is 1.55 bits per heavy atom. The quantitative estimate of drug-likeness (QED) is 0.174. The van der Waals surface area contributed by atoms with Crippen molar-refractivity contribution in [1.82, 2.24) is 10.2 Å². The molecule has 1 atom stereocenters. The van der Waals surface area contributed by atoms with Crippen molar-refractivity contribution in [3.8, 4) is 5.75 Å². The van der Waals surface area contributed by atoms with Crippen LogP contribution in [0.5, 0.6) is 5.75 Å². The number of nitrogens with zero attached hydrogens (tertiary/aromatic N) is 2. The molecule has 1 fully saturated rings. The Hall–Kier alpha value is -4.34. The fraction of sp³-hybridized carbons (Fsp3) is 0.297. The number of aryl methyl sites for hydroxylation is 1. The van der Waals surface area contributed by atoms with Crippen LogP contribution in [0.4, 0.5) is 5.69 Å². The van der Waals surface area contributed by atoms with Crippen molar-refractivity contribution in [2.75, 3.05) is 18.0 Å². The van der Waals surface area contributed by atoms with Crippen LogP contribution in [-0.2, 0) is 32.6 Å². The number of benzene rings is 4. The highest BCUT2D eigenvalue weighted by molar-refractivity contribution is 7.92. The zero-order valence-corrected chi connectivity index (χ0v) is 28.2. The average Bonchev–Trinajstić information content (AvgIpc) is 3.59. The van der Waals surface area contributed by atoms with E-state index < -0.39 is 28.5 Å². The normalized spacial score (nSPS) is 13.9. The number of nitrogens with one attached hydrogen (secondary N) is 1. The fourth-order valence-electron chi connectivity index (χ4n) is 5.96. The van der Waals surface area contributed by atoms with Crippen molar-refractivity contribution in [3.05, 3.63) is 125 Å². The summed E-state index contributed by atoms with van der Waals surface area (Å²) >= 11 is 6.60. The van der Waals surface area contributed by atoms with Gasteiger partial charge < -0.3 is 15.0 Å². The highest BCUT2D eigenvalue weighted by Crippen LogP contribution is 2.34. The molecule has 0 aromatic heterocycles. The Balaban J connectivity index is 1.61. The van der Waals surface area contributed by atoms with E-state index in [0.717, 1.165) is 41.1 Å². The smallest absolute Gasteiger partial charge is 0.264 e. The SMILES string of the molecule is COc1ccc(C)cc1N(CC(=O)N(Cc1ccccc1Cl)[C@H](Cc1ccccc1)C(=O)NC1CCCC1)S(=O)(=O)c1ccccc1.